The number of hydrazine groups is 1. The highest BCUT2D eigenvalue weighted by Crippen LogP contribution is 2.38. The van der Waals surface area contributed by atoms with E-state index in [0.717, 1.165) is 24.1 Å². The summed E-state index contributed by atoms with van der Waals surface area (Å²) in [5, 5.41) is 0. The summed E-state index contributed by atoms with van der Waals surface area (Å²) in [7, 11) is 1.66. The Morgan fingerprint density at radius 2 is 2.00 bits per heavy atom. The molecule has 1 heterocycles. The van der Waals surface area contributed by atoms with E-state index < -0.39 is 0 Å². The van der Waals surface area contributed by atoms with Crippen molar-refractivity contribution >= 4 is 6.29 Å². The van der Waals surface area contributed by atoms with Crippen molar-refractivity contribution in [2.45, 2.75) is 12.0 Å². The second-order valence-corrected chi connectivity index (χ2v) is 5.14. The predicted octanol–water partition coefficient (Wildman–Crippen LogP) is 2.44. The van der Waals surface area contributed by atoms with Gasteiger partial charge in [-0.15, -0.1) is 0 Å². The molecule has 0 saturated carbocycles. The molecule has 0 aliphatic carbocycles. The Kier molecular flexibility index (Phi) is 3.99. The molecule has 1 aliphatic heterocycles. The van der Waals surface area contributed by atoms with Crippen LogP contribution in [0, 0.1) is 0 Å². The summed E-state index contributed by atoms with van der Waals surface area (Å²) in [6.07, 6.45) is 0.871. The van der Waals surface area contributed by atoms with E-state index in [1.165, 1.54) is 5.56 Å². The van der Waals surface area contributed by atoms with Crippen molar-refractivity contribution in [2.75, 3.05) is 13.7 Å². The normalized spacial score (nSPS) is 21.2. The molecule has 21 heavy (non-hydrogen) atoms. The topological polar surface area (TPSA) is 50.4 Å². The number of methoxy groups -OCH3 is 1. The van der Waals surface area contributed by atoms with Gasteiger partial charge in [-0.1, -0.05) is 30.3 Å². The maximum Gasteiger partial charge on any atom is 0.150 e. The van der Waals surface area contributed by atoms with Crippen molar-refractivity contribution in [3.05, 3.63) is 65.2 Å². The number of hydrogen-bond acceptors (Lipinski definition) is 4. The Hall–Kier alpha value is -2.17. The van der Waals surface area contributed by atoms with Gasteiger partial charge in [-0.25, -0.2) is 5.43 Å². The highest BCUT2D eigenvalue weighted by molar-refractivity contribution is 5.75. The van der Waals surface area contributed by atoms with Gasteiger partial charge in [0.05, 0.1) is 13.2 Å². The fraction of sp³-hybridized carbons (Fsp3) is 0.235. The SMILES string of the molecule is COc1ccc(C=O)cc1C1CNNC1c1ccccc1. The molecule has 1 aliphatic rings. The summed E-state index contributed by atoms with van der Waals surface area (Å²) in [6, 6.07) is 16.0. The van der Waals surface area contributed by atoms with E-state index in [0.29, 0.717) is 5.56 Å². The van der Waals surface area contributed by atoms with Gasteiger partial charge in [0.25, 0.3) is 0 Å². The van der Waals surface area contributed by atoms with E-state index in [-0.39, 0.29) is 12.0 Å². The van der Waals surface area contributed by atoms with Crippen LogP contribution in [-0.2, 0) is 0 Å². The Labute approximate surface area is 124 Å². The third-order valence-electron chi connectivity index (χ3n) is 3.93. The first-order valence-electron chi connectivity index (χ1n) is 7.00. The van der Waals surface area contributed by atoms with Gasteiger partial charge < -0.3 is 4.74 Å². The minimum absolute atomic E-state index is 0.155. The van der Waals surface area contributed by atoms with E-state index in [1.54, 1.807) is 13.2 Å². The number of nitrogens with one attached hydrogen (secondary N) is 2. The van der Waals surface area contributed by atoms with Gasteiger partial charge in [0.1, 0.15) is 12.0 Å². The molecule has 4 heteroatoms. The van der Waals surface area contributed by atoms with Crippen LogP contribution in [-0.4, -0.2) is 19.9 Å². The van der Waals surface area contributed by atoms with Gasteiger partial charge in [0, 0.05) is 23.6 Å². The van der Waals surface area contributed by atoms with Crippen LogP contribution in [0.25, 0.3) is 0 Å². The molecule has 108 valence electrons. The minimum atomic E-state index is 0.155. The van der Waals surface area contributed by atoms with Crippen molar-refractivity contribution < 1.29 is 9.53 Å². The van der Waals surface area contributed by atoms with Crippen LogP contribution >= 0.6 is 0 Å². The Morgan fingerprint density at radius 3 is 2.71 bits per heavy atom. The smallest absolute Gasteiger partial charge is 0.150 e. The summed E-state index contributed by atoms with van der Waals surface area (Å²) in [6.45, 7) is 0.790. The van der Waals surface area contributed by atoms with Crippen LogP contribution in [0.2, 0.25) is 0 Å². The maximum absolute atomic E-state index is 11.1. The summed E-state index contributed by atoms with van der Waals surface area (Å²) in [5.41, 5.74) is 9.46. The van der Waals surface area contributed by atoms with Crippen molar-refractivity contribution in [3.8, 4) is 5.75 Å². The lowest BCUT2D eigenvalue weighted by molar-refractivity contribution is 0.112. The highest BCUT2D eigenvalue weighted by Gasteiger charge is 2.31. The molecule has 1 saturated heterocycles. The van der Waals surface area contributed by atoms with E-state index in [1.807, 2.05) is 30.3 Å². The number of hydrogen-bond donors (Lipinski definition) is 2. The summed E-state index contributed by atoms with van der Waals surface area (Å²) >= 11 is 0. The zero-order valence-corrected chi connectivity index (χ0v) is 11.9. The first-order valence-corrected chi connectivity index (χ1v) is 7.00. The largest absolute Gasteiger partial charge is 0.496 e. The van der Waals surface area contributed by atoms with Crippen molar-refractivity contribution in [3.63, 3.8) is 0 Å². The second kappa shape index (κ2) is 6.08. The fourth-order valence-corrected chi connectivity index (χ4v) is 2.88. The van der Waals surface area contributed by atoms with Gasteiger partial charge in [0.2, 0.25) is 0 Å². The molecule has 2 aromatic rings. The summed E-state index contributed by atoms with van der Waals surface area (Å²) in [4.78, 5) is 11.1. The molecule has 2 N–H and O–H groups in total. The fourth-order valence-electron chi connectivity index (χ4n) is 2.88. The number of aldehydes is 1. The van der Waals surface area contributed by atoms with Crippen LogP contribution in [0.5, 0.6) is 5.75 Å². The first-order chi connectivity index (χ1) is 10.3. The van der Waals surface area contributed by atoms with Crippen LogP contribution < -0.4 is 15.6 Å². The number of carbonyl (C=O) groups excluding carboxylic acids is 1. The molecule has 2 atom stereocenters. The van der Waals surface area contributed by atoms with E-state index in [9.17, 15) is 4.79 Å². The average Bonchev–Trinajstić information content (AvgIpc) is 3.04. The molecule has 0 bridgehead atoms. The molecule has 0 radical (unpaired) electrons. The molecule has 0 aromatic heterocycles. The Balaban J connectivity index is 2.00. The first kappa shape index (κ1) is 13.8. The maximum atomic E-state index is 11.1. The van der Waals surface area contributed by atoms with Gasteiger partial charge in [-0.3, -0.25) is 10.2 Å². The molecule has 1 fully saturated rings. The van der Waals surface area contributed by atoms with Crippen LogP contribution in [0.15, 0.2) is 48.5 Å². The van der Waals surface area contributed by atoms with Gasteiger partial charge in [-0.05, 0) is 23.8 Å². The molecular formula is C17H18N2O2. The standard InChI is InChI=1S/C17H18N2O2/c1-21-16-8-7-12(11-20)9-14(16)15-10-18-19-17(15)13-5-3-2-4-6-13/h2-9,11,15,17-19H,10H2,1H3. The monoisotopic (exact) mass is 282 g/mol. The lowest BCUT2D eigenvalue weighted by atomic mass is 9.87. The molecular weight excluding hydrogens is 264 g/mol. The third kappa shape index (κ3) is 2.68. The lowest BCUT2D eigenvalue weighted by Gasteiger charge is -2.21. The van der Waals surface area contributed by atoms with E-state index >= 15 is 0 Å². The molecule has 0 amide bonds. The number of ether oxygens (including phenoxy) is 1. The van der Waals surface area contributed by atoms with E-state index in [4.69, 9.17) is 4.74 Å². The average molecular weight is 282 g/mol. The summed E-state index contributed by atoms with van der Waals surface area (Å²) < 4.78 is 5.47. The molecule has 2 aromatic carbocycles. The Morgan fingerprint density at radius 1 is 1.19 bits per heavy atom. The second-order valence-electron chi connectivity index (χ2n) is 5.14. The molecule has 0 spiro atoms. The van der Waals surface area contributed by atoms with E-state index in [2.05, 4.69) is 23.0 Å². The molecule has 2 unspecified atom stereocenters. The van der Waals surface area contributed by atoms with Crippen LogP contribution in [0.4, 0.5) is 0 Å². The number of carbonyl (C=O) groups is 1. The molecule has 4 nitrogen and oxygen atoms in total. The zero-order chi connectivity index (χ0) is 14.7. The highest BCUT2D eigenvalue weighted by atomic mass is 16.5. The van der Waals surface area contributed by atoms with Crippen molar-refractivity contribution in [2.24, 2.45) is 0 Å². The lowest BCUT2D eigenvalue weighted by Crippen LogP contribution is -2.24. The zero-order valence-electron chi connectivity index (χ0n) is 11.9. The number of rotatable bonds is 4. The van der Waals surface area contributed by atoms with Crippen molar-refractivity contribution in [1.82, 2.24) is 10.9 Å². The summed E-state index contributed by atoms with van der Waals surface area (Å²) in [5.74, 6) is 1.03. The van der Waals surface area contributed by atoms with Gasteiger partial charge in [-0.2, -0.15) is 0 Å². The van der Waals surface area contributed by atoms with Crippen LogP contribution in [0.3, 0.4) is 0 Å². The quantitative estimate of drug-likeness (QED) is 0.846. The van der Waals surface area contributed by atoms with Gasteiger partial charge >= 0.3 is 0 Å². The predicted molar refractivity (Wildman–Crippen MR) is 81.4 cm³/mol. The van der Waals surface area contributed by atoms with Gasteiger partial charge in [0.15, 0.2) is 0 Å². The van der Waals surface area contributed by atoms with Crippen LogP contribution in [0.1, 0.15) is 33.4 Å². The Bertz CT molecular complexity index is 628. The third-order valence-corrected chi connectivity index (χ3v) is 3.93. The minimum Gasteiger partial charge on any atom is -0.496 e. The van der Waals surface area contributed by atoms with Crippen molar-refractivity contribution in [1.29, 1.82) is 0 Å². The number of benzene rings is 2. The molecule has 3 rings (SSSR count).